The lowest BCUT2D eigenvalue weighted by atomic mass is 9.52. The standard InChI is InChI=1S/C30H35NO9/c32-23-24(33)26(27(35)36)40-28(25(23)34)39-19-10-9-18-14-22-20-8-4-5-11-30(20,21(18)15-19)12-13-31(22)29(37)38-16-17-6-2-1-3-7-17/h1-3,6-7,9-10,15,20,22-26,28,32-34H,4-5,8,11-14,16H2,(H,35,36)/t20?,22?,23-,24-,25+,26-,28+,30?/m0/s1/i9D,10D,15D. The SMILES string of the molecule is [2H]c1c([2H])c(O[C@@H]2O[C@H](C(=O)O)[C@@H](O)[C@H](O)[C@H]2O)c([2H])c2c1CC1C3CCCCC23CCN1C(=O)OCc1ccccc1. The fourth-order valence-electron chi connectivity index (χ4n) is 7.08. The number of carbonyl (C=O) groups is 2. The van der Waals surface area contributed by atoms with Crippen LogP contribution in [0.5, 0.6) is 5.75 Å². The van der Waals surface area contributed by atoms with Gasteiger partial charge >= 0.3 is 12.1 Å². The molecule has 2 aliphatic heterocycles. The van der Waals surface area contributed by atoms with Crippen molar-refractivity contribution in [2.75, 3.05) is 6.54 Å². The van der Waals surface area contributed by atoms with Crippen molar-refractivity contribution in [1.29, 1.82) is 0 Å². The number of carboxylic acid groups (broad SMARTS) is 1. The van der Waals surface area contributed by atoms with Gasteiger partial charge in [-0.05, 0) is 60.4 Å². The highest BCUT2D eigenvalue weighted by Crippen LogP contribution is 2.56. The van der Waals surface area contributed by atoms with Crippen molar-refractivity contribution in [3.8, 4) is 5.75 Å². The van der Waals surface area contributed by atoms with Crippen molar-refractivity contribution in [2.24, 2.45) is 5.92 Å². The van der Waals surface area contributed by atoms with Crippen LogP contribution in [0.3, 0.4) is 0 Å². The molecule has 2 aliphatic carbocycles. The van der Waals surface area contributed by atoms with E-state index < -0.39 is 54.2 Å². The molecule has 2 bridgehead atoms. The van der Waals surface area contributed by atoms with Crippen LogP contribution >= 0.6 is 0 Å². The monoisotopic (exact) mass is 556 g/mol. The second kappa shape index (κ2) is 10.7. The summed E-state index contributed by atoms with van der Waals surface area (Å²) in [6, 6.07) is 8.35. The molecule has 3 fully saturated rings. The summed E-state index contributed by atoms with van der Waals surface area (Å²) in [6.07, 6.45) is -5.67. The molecule has 10 heteroatoms. The lowest BCUT2D eigenvalue weighted by molar-refractivity contribution is -0.271. The Morgan fingerprint density at radius 3 is 2.65 bits per heavy atom. The Balaban J connectivity index is 1.34. The Morgan fingerprint density at radius 2 is 1.88 bits per heavy atom. The maximum Gasteiger partial charge on any atom is 0.410 e. The summed E-state index contributed by atoms with van der Waals surface area (Å²) in [5.41, 5.74) is 1.41. The summed E-state index contributed by atoms with van der Waals surface area (Å²) in [5.74, 6) is -1.95. The smallest absolute Gasteiger partial charge is 0.410 e. The number of aliphatic hydroxyl groups excluding tert-OH is 3. The number of hydrogen-bond donors (Lipinski definition) is 4. The molecule has 0 aromatic heterocycles. The molecule has 0 radical (unpaired) electrons. The van der Waals surface area contributed by atoms with E-state index in [0.717, 1.165) is 31.2 Å². The van der Waals surface area contributed by atoms with E-state index in [9.17, 15) is 31.4 Å². The highest BCUT2D eigenvalue weighted by atomic mass is 16.7. The first kappa shape index (κ1) is 23.5. The minimum atomic E-state index is -1.92. The number of piperidine rings is 1. The number of rotatable bonds is 5. The van der Waals surface area contributed by atoms with Gasteiger partial charge in [-0.1, -0.05) is 49.2 Å². The van der Waals surface area contributed by atoms with Crippen molar-refractivity contribution < 1.29 is 48.3 Å². The average Bonchev–Trinajstić information content (AvgIpc) is 3.00. The normalized spacial score (nSPS) is 35.8. The molecule has 1 saturated carbocycles. The zero-order valence-corrected chi connectivity index (χ0v) is 21.9. The topological polar surface area (TPSA) is 146 Å². The van der Waals surface area contributed by atoms with Crippen LogP contribution in [0.1, 0.15) is 52.9 Å². The highest BCUT2D eigenvalue weighted by molar-refractivity contribution is 5.73. The third kappa shape index (κ3) is 4.62. The number of ether oxygens (including phenoxy) is 3. The van der Waals surface area contributed by atoms with E-state index in [-0.39, 0.29) is 42.8 Å². The van der Waals surface area contributed by atoms with Crippen LogP contribution < -0.4 is 4.74 Å². The second-order valence-electron chi connectivity index (χ2n) is 11.2. The molecule has 2 aromatic rings. The van der Waals surface area contributed by atoms with Gasteiger partial charge in [-0.15, -0.1) is 0 Å². The van der Waals surface area contributed by atoms with Gasteiger partial charge in [0.05, 0.1) is 4.11 Å². The first-order valence-electron chi connectivity index (χ1n) is 15.2. The molecule has 214 valence electrons. The summed E-state index contributed by atoms with van der Waals surface area (Å²) in [7, 11) is 0. The van der Waals surface area contributed by atoms with Gasteiger partial charge in [-0.3, -0.25) is 0 Å². The Labute approximate surface area is 236 Å². The van der Waals surface area contributed by atoms with E-state index in [0.29, 0.717) is 24.1 Å². The van der Waals surface area contributed by atoms with Crippen LogP contribution in [-0.2, 0) is 32.7 Å². The zero-order chi connectivity index (χ0) is 30.6. The van der Waals surface area contributed by atoms with Gasteiger partial charge in [0.2, 0.25) is 6.29 Å². The van der Waals surface area contributed by atoms with Gasteiger partial charge in [0.15, 0.2) is 6.10 Å². The number of likely N-dealkylation sites (tertiary alicyclic amines) is 1. The summed E-state index contributed by atoms with van der Waals surface area (Å²) >= 11 is 0. The largest absolute Gasteiger partial charge is 0.479 e. The van der Waals surface area contributed by atoms with E-state index in [1.807, 2.05) is 30.3 Å². The number of aliphatic hydroxyl groups is 3. The maximum atomic E-state index is 13.3. The maximum absolute atomic E-state index is 13.3. The van der Waals surface area contributed by atoms with Gasteiger partial charge in [0.1, 0.15) is 30.7 Å². The van der Waals surface area contributed by atoms with Crippen LogP contribution in [0.15, 0.2) is 48.5 Å². The number of benzene rings is 2. The number of aliphatic carboxylic acids is 1. The van der Waals surface area contributed by atoms with Crippen LogP contribution in [-0.4, -0.2) is 80.7 Å². The fraction of sp³-hybridized carbons (Fsp3) is 0.533. The molecule has 8 atom stereocenters. The molecule has 40 heavy (non-hydrogen) atoms. The Bertz CT molecular complexity index is 1410. The fourth-order valence-corrected chi connectivity index (χ4v) is 7.08. The number of carbonyl (C=O) groups excluding carboxylic acids is 1. The zero-order valence-electron chi connectivity index (χ0n) is 24.9. The van der Waals surface area contributed by atoms with Gasteiger partial charge in [-0.25, -0.2) is 9.59 Å². The first-order chi connectivity index (χ1) is 20.5. The summed E-state index contributed by atoms with van der Waals surface area (Å²) in [4.78, 5) is 26.7. The quantitative estimate of drug-likeness (QED) is 0.436. The molecular weight excluding hydrogens is 518 g/mol. The van der Waals surface area contributed by atoms with Crippen LogP contribution in [0.2, 0.25) is 0 Å². The van der Waals surface area contributed by atoms with Gasteiger partial charge in [0, 0.05) is 18.0 Å². The van der Waals surface area contributed by atoms with E-state index in [4.69, 9.17) is 17.0 Å². The van der Waals surface area contributed by atoms with Crippen molar-refractivity contribution >= 4 is 12.1 Å². The van der Waals surface area contributed by atoms with E-state index >= 15 is 0 Å². The lowest BCUT2D eigenvalue weighted by Gasteiger charge is -2.58. The molecule has 4 N–H and O–H groups in total. The molecule has 6 rings (SSSR count). The predicted octanol–water partition coefficient (Wildman–Crippen LogP) is 2.35. The first-order valence-corrected chi connectivity index (χ1v) is 13.7. The Kier molecular flexibility index (Phi) is 6.27. The third-order valence-electron chi connectivity index (χ3n) is 9.03. The molecule has 1 amide bonds. The Morgan fingerprint density at radius 1 is 1.07 bits per heavy atom. The average molecular weight is 557 g/mol. The van der Waals surface area contributed by atoms with Crippen molar-refractivity contribution in [3.05, 3.63) is 65.1 Å². The van der Waals surface area contributed by atoms with Crippen LogP contribution in [0.25, 0.3) is 0 Å². The second-order valence-corrected chi connectivity index (χ2v) is 11.2. The minimum absolute atomic E-state index is 0.00964. The summed E-state index contributed by atoms with van der Waals surface area (Å²) in [5, 5.41) is 40.2. The Hall–Kier alpha value is -3.18. The lowest BCUT2D eigenvalue weighted by Crippen LogP contribution is -2.62. The summed E-state index contributed by atoms with van der Waals surface area (Å²) in [6.45, 7) is 0.533. The van der Waals surface area contributed by atoms with E-state index in [1.165, 1.54) is 0 Å². The highest BCUT2D eigenvalue weighted by Gasteiger charge is 2.55. The number of carboxylic acids is 1. The van der Waals surface area contributed by atoms with Crippen molar-refractivity contribution in [3.63, 3.8) is 0 Å². The third-order valence-corrected chi connectivity index (χ3v) is 9.03. The molecular formula is C30H35NO9. The number of hydrogen-bond acceptors (Lipinski definition) is 8. The number of fused-ring (bicyclic) bond motifs is 1. The molecule has 2 saturated heterocycles. The van der Waals surface area contributed by atoms with Crippen LogP contribution in [0.4, 0.5) is 4.79 Å². The molecule has 10 nitrogen and oxygen atoms in total. The van der Waals surface area contributed by atoms with Crippen molar-refractivity contribution in [1.82, 2.24) is 4.90 Å². The van der Waals surface area contributed by atoms with Gasteiger partial charge < -0.3 is 39.5 Å². The minimum Gasteiger partial charge on any atom is -0.479 e. The van der Waals surface area contributed by atoms with Crippen molar-refractivity contribution in [2.45, 2.75) is 87.3 Å². The number of nitrogens with zero attached hydrogens (tertiary/aromatic N) is 1. The van der Waals surface area contributed by atoms with Crippen LogP contribution in [0, 0.1) is 5.92 Å². The molecule has 4 aliphatic rings. The molecule has 2 heterocycles. The molecule has 3 unspecified atom stereocenters. The predicted molar refractivity (Wildman–Crippen MR) is 140 cm³/mol. The van der Waals surface area contributed by atoms with E-state index in [2.05, 4.69) is 0 Å². The molecule has 0 spiro atoms. The van der Waals surface area contributed by atoms with E-state index in [1.54, 1.807) is 4.90 Å². The summed E-state index contributed by atoms with van der Waals surface area (Å²) < 4.78 is 43.5. The number of amides is 1. The van der Waals surface area contributed by atoms with Gasteiger partial charge in [0.25, 0.3) is 0 Å². The molecule has 2 aromatic carbocycles. The van der Waals surface area contributed by atoms with Gasteiger partial charge in [-0.2, -0.15) is 0 Å².